The number of carbonyl (C=O) groups is 2. The lowest BCUT2D eigenvalue weighted by molar-refractivity contribution is 0.0497. The highest BCUT2D eigenvalue weighted by molar-refractivity contribution is 6.21. The number of nitrogens with zero attached hydrogens (tertiary/aromatic N) is 1. The normalized spacial score (nSPS) is 29.9. The third-order valence-electron chi connectivity index (χ3n) is 7.82. The number of anilines is 1. The van der Waals surface area contributed by atoms with E-state index < -0.39 is 0 Å². The van der Waals surface area contributed by atoms with Crippen LogP contribution in [0.4, 0.5) is 5.69 Å². The molecule has 1 aromatic carbocycles. The number of fused-ring (bicyclic) bond motifs is 1. The van der Waals surface area contributed by atoms with Crippen LogP contribution >= 0.6 is 0 Å². The number of carbonyl (C=O) groups excluding carboxylic acids is 2. The van der Waals surface area contributed by atoms with E-state index in [9.17, 15) is 9.59 Å². The third-order valence-corrected chi connectivity index (χ3v) is 7.82. The van der Waals surface area contributed by atoms with Gasteiger partial charge in [-0.15, -0.1) is 0 Å². The van der Waals surface area contributed by atoms with Crippen LogP contribution in [-0.2, 0) is 0 Å². The van der Waals surface area contributed by atoms with Crippen LogP contribution in [0.1, 0.15) is 105 Å². The molecule has 1 aliphatic heterocycles. The number of amides is 2. The Bertz CT molecular complexity index is 743. The van der Waals surface area contributed by atoms with Gasteiger partial charge in [-0.05, 0) is 74.5 Å². The predicted octanol–water partition coefficient (Wildman–Crippen LogP) is 5.81. The summed E-state index contributed by atoms with van der Waals surface area (Å²) in [4.78, 5) is 27.2. The van der Waals surface area contributed by atoms with Crippen molar-refractivity contribution >= 4 is 17.5 Å². The van der Waals surface area contributed by atoms with E-state index in [0.29, 0.717) is 16.8 Å². The van der Waals surface area contributed by atoms with Gasteiger partial charge in [-0.1, -0.05) is 45.4 Å². The lowest BCUT2D eigenvalue weighted by Gasteiger charge is -2.39. The molecule has 0 saturated heterocycles. The number of hydrogen-bond donors (Lipinski definition) is 1. The maximum Gasteiger partial charge on any atom is 0.261 e. The Labute approximate surface area is 175 Å². The Morgan fingerprint density at radius 1 is 0.862 bits per heavy atom. The summed E-state index contributed by atoms with van der Waals surface area (Å²) in [5.74, 6) is 2.34. The smallest absolute Gasteiger partial charge is 0.261 e. The first kappa shape index (κ1) is 20.4. The largest absolute Gasteiger partial charge is 0.399 e. The van der Waals surface area contributed by atoms with Crippen molar-refractivity contribution in [2.45, 2.75) is 90.0 Å². The summed E-state index contributed by atoms with van der Waals surface area (Å²) in [6.07, 6.45) is 15.4. The Hall–Kier alpha value is -1.84. The summed E-state index contributed by atoms with van der Waals surface area (Å²) >= 11 is 0. The van der Waals surface area contributed by atoms with Crippen molar-refractivity contribution in [1.82, 2.24) is 4.90 Å². The van der Waals surface area contributed by atoms with Gasteiger partial charge in [0.1, 0.15) is 0 Å². The summed E-state index contributed by atoms with van der Waals surface area (Å²) in [6, 6.07) is 5.13. The standard InChI is InChI=1S/C25H36N2O2/c1-2-3-4-5-17-6-8-18(9-7-17)19-10-13-21(14-11-19)27-24(28)22-15-12-20(26)16-23(22)25(27)29/h12,15-19,21H,2-11,13-14,26H2,1H3. The zero-order valence-corrected chi connectivity index (χ0v) is 17.9. The van der Waals surface area contributed by atoms with Gasteiger partial charge < -0.3 is 5.73 Å². The van der Waals surface area contributed by atoms with Crippen molar-refractivity contribution in [3.63, 3.8) is 0 Å². The van der Waals surface area contributed by atoms with E-state index in [1.165, 1.54) is 56.3 Å². The molecular formula is C25H36N2O2. The summed E-state index contributed by atoms with van der Waals surface area (Å²) in [7, 11) is 0. The molecule has 0 unspecified atom stereocenters. The van der Waals surface area contributed by atoms with Crippen molar-refractivity contribution in [1.29, 1.82) is 0 Å². The van der Waals surface area contributed by atoms with Crippen LogP contribution in [0.15, 0.2) is 18.2 Å². The molecule has 0 radical (unpaired) electrons. The van der Waals surface area contributed by atoms with Crippen molar-refractivity contribution < 1.29 is 9.59 Å². The number of nitrogen functional groups attached to an aromatic ring is 1. The third kappa shape index (κ3) is 4.22. The second kappa shape index (κ2) is 8.89. The monoisotopic (exact) mass is 396 g/mol. The molecular weight excluding hydrogens is 360 g/mol. The topological polar surface area (TPSA) is 63.4 Å². The molecule has 4 heteroatoms. The van der Waals surface area contributed by atoms with Gasteiger partial charge in [0.05, 0.1) is 11.1 Å². The zero-order valence-electron chi connectivity index (χ0n) is 17.9. The Kier molecular flexibility index (Phi) is 6.26. The average Bonchev–Trinajstić information content (AvgIpc) is 2.98. The van der Waals surface area contributed by atoms with Crippen LogP contribution < -0.4 is 5.73 Å². The van der Waals surface area contributed by atoms with E-state index in [1.807, 2.05) is 0 Å². The minimum Gasteiger partial charge on any atom is -0.399 e. The molecule has 2 fully saturated rings. The van der Waals surface area contributed by atoms with Crippen LogP contribution in [0, 0.1) is 17.8 Å². The van der Waals surface area contributed by atoms with Gasteiger partial charge in [0.2, 0.25) is 0 Å². The Balaban J connectivity index is 1.28. The second-order valence-corrected chi connectivity index (χ2v) is 9.63. The molecule has 4 nitrogen and oxygen atoms in total. The Morgan fingerprint density at radius 2 is 1.48 bits per heavy atom. The highest BCUT2D eigenvalue weighted by Gasteiger charge is 2.42. The molecule has 1 heterocycles. The fourth-order valence-electron chi connectivity index (χ4n) is 6.07. The second-order valence-electron chi connectivity index (χ2n) is 9.63. The number of imide groups is 1. The van der Waals surface area contributed by atoms with E-state index in [4.69, 9.17) is 5.73 Å². The van der Waals surface area contributed by atoms with Crippen molar-refractivity contribution in [3.8, 4) is 0 Å². The van der Waals surface area contributed by atoms with Gasteiger partial charge in [0.25, 0.3) is 11.8 Å². The molecule has 2 N–H and O–H groups in total. The van der Waals surface area contributed by atoms with Crippen LogP contribution in [-0.4, -0.2) is 22.8 Å². The maximum atomic E-state index is 12.8. The molecule has 0 bridgehead atoms. The molecule has 4 rings (SSSR count). The number of hydrogen-bond acceptors (Lipinski definition) is 3. The van der Waals surface area contributed by atoms with Gasteiger partial charge in [-0.3, -0.25) is 14.5 Å². The zero-order chi connectivity index (χ0) is 20.4. The van der Waals surface area contributed by atoms with Crippen molar-refractivity contribution in [3.05, 3.63) is 29.3 Å². The van der Waals surface area contributed by atoms with Crippen molar-refractivity contribution in [2.75, 3.05) is 5.73 Å². The lowest BCUT2D eigenvalue weighted by Crippen LogP contribution is -2.42. The van der Waals surface area contributed by atoms with E-state index in [1.54, 1.807) is 18.2 Å². The molecule has 0 spiro atoms. The molecule has 1 aromatic rings. The molecule has 2 amide bonds. The summed E-state index contributed by atoms with van der Waals surface area (Å²) < 4.78 is 0. The van der Waals surface area contributed by atoms with Gasteiger partial charge in [0.15, 0.2) is 0 Å². The average molecular weight is 397 g/mol. The highest BCUT2D eigenvalue weighted by atomic mass is 16.2. The van der Waals surface area contributed by atoms with E-state index in [2.05, 4.69) is 6.92 Å². The number of benzene rings is 1. The van der Waals surface area contributed by atoms with Crippen LogP contribution in [0.25, 0.3) is 0 Å². The molecule has 3 aliphatic rings. The quantitative estimate of drug-likeness (QED) is 0.375. The molecule has 2 aliphatic carbocycles. The first-order valence-corrected chi connectivity index (χ1v) is 11.9. The van der Waals surface area contributed by atoms with Gasteiger partial charge >= 0.3 is 0 Å². The Morgan fingerprint density at radius 3 is 2.14 bits per heavy atom. The molecule has 2 saturated carbocycles. The van der Waals surface area contributed by atoms with Crippen LogP contribution in [0.5, 0.6) is 0 Å². The van der Waals surface area contributed by atoms with Gasteiger partial charge in [-0.25, -0.2) is 0 Å². The highest BCUT2D eigenvalue weighted by Crippen LogP contribution is 2.42. The van der Waals surface area contributed by atoms with E-state index in [0.717, 1.165) is 43.4 Å². The first-order valence-electron chi connectivity index (χ1n) is 11.9. The van der Waals surface area contributed by atoms with Gasteiger partial charge in [0, 0.05) is 11.7 Å². The van der Waals surface area contributed by atoms with Crippen molar-refractivity contribution in [2.24, 2.45) is 17.8 Å². The lowest BCUT2D eigenvalue weighted by atomic mass is 9.69. The van der Waals surface area contributed by atoms with Gasteiger partial charge in [-0.2, -0.15) is 0 Å². The SMILES string of the molecule is CCCCCC1CCC(C2CCC(N3C(=O)c4ccc(N)cc4C3=O)CC2)CC1. The fraction of sp³-hybridized carbons (Fsp3) is 0.680. The number of rotatable bonds is 6. The fourth-order valence-corrected chi connectivity index (χ4v) is 6.07. The number of unbranched alkanes of at least 4 members (excludes halogenated alkanes) is 2. The van der Waals surface area contributed by atoms with E-state index >= 15 is 0 Å². The minimum absolute atomic E-state index is 0.0604. The summed E-state index contributed by atoms with van der Waals surface area (Å²) in [5, 5.41) is 0. The predicted molar refractivity (Wildman–Crippen MR) is 117 cm³/mol. The molecule has 0 atom stereocenters. The maximum absolute atomic E-state index is 12.8. The molecule has 0 aromatic heterocycles. The summed E-state index contributed by atoms with van der Waals surface area (Å²) in [5.41, 5.74) is 7.37. The van der Waals surface area contributed by atoms with E-state index in [-0.39, 0.29) is 17.9 Å². The summed E-state index contributed by atoms with van der Waals surface area (Å²) in [6.45, 7) is 2.28. The number of nitrogens with two attached hydrogens (primary N) is 1. The molecule has 158 valence electrons. The minimum atomic E-state index is -0.145. The van der Waals surface area contributed by atoms with Crippen LogP contribution in [0.2, 0.25) is 0 Å². The first-order chi connectivity index (χ1) is 14.1. The van der Waals surface area contributed by atoms with Crippen LogP contribution in [0.3, 0.4) is 0 Å². The molecule has 29 heavy (non-hydrogen) atoms.